The van der Waals surface area contributed by atoms with Crippen LogP contribution in [0.5, 0.6) is 0 Å². The minimum Gasteiger partial charge on any atom is -0.396 e. The second-order valence-electron chi connectivity index (χ2n) is 4.35. The molecule has 14 heavy (non-hydrogen) atoms. The standard InChI is InChI=1S/C10H18N2O2/c1-8-4-9(12-14-8)5-11-6-10(2,3)7-13/h4,11,13H,5-7H2,1-3H3. The topological polar surface area (TPSA) is 58.3 Å². The fraction of sp³-hybridized carbons (Fsp3) is 0.700. The van der Waals surface area contributed by atoms with Crippen molar-refractivity contribution in [1.82, 2.24) is 10.5 Å². The normalized spacial score (nSPS) is 12.0. The molecule has 1 aromatic rings. The highest BCUT2D eigenvalue weighted by atomic mass is 16.5. The van der Waals surface area contributed by atoms with Gasteiger partial charge in [-0.3, -0.25) is 0 Å². The molecule has 0 saturated carbocycles. The van der Waals surface area contributed by atoms with Gasteiger partial charge in [-0.15, -0.1) is 0 Å². The van der Waals surface area contributed by atoms with Crippen molar-refractivity contribution in [2.45, 2.75) is 27.3 Å². The lowest BCUT2D eigenvalue weighted by atomic mass is 9.95. The van der Waals surface area contributed by atoms with Crippen molar-refractivity contribution >= 4 is 0 Å². The average molecular weight is 198 g/mol. The summed E-state index contributed by atoms with van der Waals surface area (Å²) >= 11 is 0. The van der Waals surface area contributed by atoms with Crippen LogP contribution in [0.3, 0.4) is 0 Å². The maximum Gasteiger partial charge on any atom is 0.133 e. The van der Waals surface area contributed by atoms with Gasteiger partial charge in [-0.1, -0.05) is 19.0 Å². The molecular formula is C10H18N2O2. The Hall–Kier alpha value is -0.870. The highest BCUT2D eigenvalue weighted by Gasteiger charge is 2.15. The van der Waals surface area contributed by atoms with Gasteiger partial charge in [0.05, 0.1) is 5.69 Å². The first-order valence-electron chi connectivity index (χ1n) is 4.77. The van der Waals surface area contributed by atoms with Crippen molar-refractivity contribution in [2.75, 3.05) is 13.2 Å². The number of aliphatic hydroxyl groups excluding tert-OH is 1. The van der Waals surface area contributed by atoms with Crippen molar-refractivity contribution in [3.05, 3.63) is 17.5 Å². The van der Waals surface area contributed by atoms with Gasteiger partial charge in [-0.2, -0.15) is 0 Å². The van der Waals surface area contributed by atoms with Gasteiger partial charge in [-0.25, -0.2) is 0 Å². The van der Waals surface area contributed by atoms with Crippen LogP contribution in [-0.2, 0) is 6.54 Å². The molecule has 1 rings (SSSR count). The minimum atomic E-state index is -0.0845. The Morgan fingerprint density at radius 2 is 2.29 bits per heavy atom. The number of hydrogen-bond acceptors (Lipinski definition) is 4. The van der Waals surface area contributed by atoms with Crippen LogP contribution in [-0.4, -0.2) is 23.4 Å². The number of nitrogens with zero attached hydrogens (tertiary/aromatic N) is 1. The largest absolute Gasteiger partial charge is 0.396 e. The van der Waals surface area contributed by atoms with E-state index in [-0.39, 0.29) is 12.0 Å². The Labute approximate surface area is 84.3 Å². The summed E-state index contributed by atoms with van der Waals surface area (Å²) in [5.74, 6) is 0.822. The van der Waals surface area contributed by atoms with E-state index in [4.69, 9.17) is 9.63 Å². The molecule has 0 aliphatic heterocycles. The maximum atomic E-state index is 9.02. The lowest BCUT2D eigenvalue weighted by Gasteiger charge is -2.21. The molecule has 1 aromatic heterocycles. The molecule has 80 valence electrons. The first kappa shape index (κ1) is 11.2. The van der Waals surface area contributed by atoms with Crippen LogP contribution in [0.25, 0.3) is 0 Å². The summed E-state index contributed by atoms with van der Waals surface area (Å²) in [5, 5.41) is 16.1. The molecular weight excluding hydrogens is 180 g/mol. The molecule has 0 bridgehead atoms. The predicted molar refractivity (Wildman–Crippen MR) is 53.8 cm³/mol. The van der Waals surface area contributed by atoms with E-state index in [0.717, 1.165) is 18.0 Å². The van der Waals surface area contributed by atoms with Crippen molar-refractivity contribution < 1.29 is 9.63 Å². The highest BCUT2D eigenvalue weighted by molar-refractivity contribution is 5.02. The second-order valence-corrected chi connectivity index (χ2v) is 4.35. The van der Waals surface area contributed by atoms with Gasteiger partial charge >= 0.3 is 0 Å². The van der Waals surface area contributed by atoms with Gasteiger partial charge in [0.25, 0.3) is 0 Å². The van der Waals surface area contributed by atoms with Crippen molar-refractivity contribution in [2.24, 2.45) is 5.41 Å². The van der Waals surface area contributed by atoms with E-state index in [1.807, 2.05) is 26.8 Å². The van der Waals surface area contributed by atoms with E-state index in [0.29, 0.717) is 6.54 Å². The fourth-order valence-electron chi connectivity index (χ4n) is 1.09. The number of aryl methyl sites for hydroxylation is 1. The number of aliphatic hydroxyl groups is 1. The summed E-state index contributed by atoms with van der Waals surface area (Å²) in [6, 6.07) is 1.90. The third-order valence-electron chi connectivity index (χ3n) is 2.01. The lowest BCUT2D eigenvalue weighted by molar-refractivity contribution is 0.156. The number of nitrogens with one attached hydrogen (secondary N) is 1. The third kappa shape index (κ3) is 3.47. The molecule has 2 N–H and O–H groups in total. The maximum absolute atomic E-state index is 9.02. The van der Waals surface area contributed by atoms with Crippen LogP contribution in [0, 0.1) is 12.3 Å². The molecule has 1 heterocycles. The Morgan fingerprint density at radius 3 is 2.79 bits per heavy atom. The Balaban J connectivity index is 2.28. The molecule has 4 nitrogen and oxygen atoms in total. The lowest BCUT2D eigenvalue weighted by Crippen LogP contribution is -2.31. The molecule has 0 atom stereocenters. The third-order valence-corrected chi connectivity index (χ3v) is 2.01. The zero-order valence-corrected chi connectivity index (χ0v) is 9.00. The summed E-state index contributed by atoms with van der Waals surface area (Å²) in [6.45, 7) is 7.50. The van der Waals surface area contributed by atoms with E-state index < -0.39 is 0 Å². The fourth-order valence-corrected chi connectivity index (χ4v) is 1.09. The van der Waals surface area contributed by atoms with E-state index in [1.54, 1.807) is 0 Å². The molecule has 0 spiro atoms. The van der Waals surface area contributed by atoms with Crippen LogP contribution >= 0.6 is 0 Å². The molecule has 0 radical (unpaired) electrons. The number of aromatic nitrogens is 1. The first-order valence-corrected chi connectivity index (χ1v) is 4.77. The highest BCUT2D eigenvalue weighted by Crippen LogP contribution is 2.11. The molecule has 0 saturated heterocycles. The van der Waals surface area contributed by atoms with Crippen LogP contribution < -0.4 is 5.32 Å². The van der Waals surface area contributed by atoms with Crippen molar-refractivity contribution in [1.29, 1.82) is 0 Å². The van der Waals surface area contributed by atoms with Crippen molar-refractivity contribution in [3.8, 4) is 0 Å². The molecule has 0 unspecified atom stereocenters. The summed E-state index contributed by atoms with van der Waals surface area (Å²) in [5.41, 5.74) is 0.815. The number of rotatable bonds is 5. The zero-order valence-electron chi connectivity index (χ0n) is 9.00. The minimum absolute atomic E-state index is 0.0845. The first-order chi connectivity index (χ1) is 6.53. The Bertz CT molecular complexity index is 281. The predicted octanol–water partition coefficient (Wildman–Crippen LogP) is 1.09. The molecule has 0 fully saturated rings. The van der Waals surface area contributed by atoms with Gasteiger partial charge in [0.15, 0.2) is 0 Å². The van der Waals surface area contributed by atoms with Crippen LogP contribution in [0.1, 0.15) is 25.3 Å². The average Bonchev–Trinajstić information content (AvgIpc) is 2.51. The molecule has 0 amide bonds. The van der Waals surface area contributed by atoms with Gasteiger partial charge in [-0.05, 0) is 6.92 Å². The van der Waals surface area contributed by atoms with Gasteiger partial charge in [0, 0.05) is 31.2 Å². The molecule has 4 heteroatoms. The summed E-state index contributed by atoms with van der Waals surface area (Å²) in [7, 11) is 0. The van der Waals surface area contributed by atoms with Crippen LogP contribution in [0.15, 0.2) is 10.6 Å². The van der Waals surface area contributed by atoms with Gasteiger partial charge in [0.1, 0.15) is 5.76 Å². The molecule has 0 aliphatic carbocycles. The van der Waals surface area contributed by atoms with E-state index in [2.05, 4.69) is 10.5 Å². The Morgan fingerprint density at radius 1 is 1.57 bits per heavy atom. The number of hydrogen-bond donors (Lipinski definition) is 2. The quantitative estimate of drug-likeness (QED) is 0.743. The van der Waals surface area contributed by atoms with E-state index in [9.17, 15) is 0 Å². The van der Waals surface area contributed by atoms with Crippen molar-refractivity contribution in [3.63, 3.8) is 0 Å². The summed E-state index contributed by atoms with van der Waals surface area (Å²) in [6.07, 6.45) is 0. The SMILES string of the molecule is Cc1cc(CNCC(C)(C)CO)no1. The summed E-state index contributed by atoms with van der Waals surface area (Å²) < 4.78 is 4.93. The monoisotopic (exact) mass is 198 g/mol. The molecule has 0 aliphatic rings. The Kier molecular flexibility index (Phi) is 3.66. The second kappa shape index (κ2) is 4.57. The van der Waals surface area contributed by atoms with Crippen LogP contribution in [0.2, 0.25) is 0 Å². The van der Waals surface area contributed by atoms with Gasteiger partial charge in [0.2, 0.25) is 0 Å². The zero-order chi connectivity index (χ0) is 10.6. The summed E-state index contributed by atoms with van der Waals surface area (Å²) in [4.78, 5) is 0. The smallest absolute Gasteiger partial charge is 0.133 e. The van der Waals surface area contributed by atoms with Gasteiger partial charge < -0.3 is 14.9 Å². The van der Waals surface area contributed by atoms with E-state index in [1.165, 1.54) is 0 Å². The van der Waals surface area contributed by atoms with E-state index >= 15 is 0 Å². The van der Waals surface area contributed by atoms with Crippen LogP contribution in [0.4, 0.5) is 0 Å². The molecule has 0 aromatic carbocycles.